The first-order valence-electron chi connectivity index (χ1n) is 6.32. The number of fused-ring (bicyclic) bond motifs is 1. The number of carboxylic acids is 1. The SMILES string of the molecule is O=C(O)CNC(=O)CNC(=O)c1cccc2ccccc12. The molecule has 0 atom stereocenters. The van der Waals surface area contributed by atoms with Gasteiger partial charge in [0, 0.05) is 5.56 Å². The van der Waals surface area contributed by atoms with E-state index in [1.165, 1.54) is 0 Å². The first-order valence-corrected chi connectivity index (χ1v) is 6.32. The van der Waals surface area contributed by atoms with Crippen LogP contribution < -0.4 is 10.6 Å². The van der Waals surface area contributed by atoms with Gasteiger partial charge < -0.3 is 15.7 Å². The van der Waals surface area contributed by atoms with Crippen LogP contribution in [-0.4, -0.2) is 36.0 Å². The number of carbonyl (C=O) groups is 3. The molecule has 0 aromatic heterocycles. The van der Waals surface area contributed by atoms with Crippen LogP contribution in [0, 0.1) is 0 Å². The zero-order chi connectivity index (χ0) is 15.2. The highest BCUT2D eigenvalue weighted by atomic mass is 16.4. The predicted molar refractivity (Wildman–Crippen MR) is 76.9 cm³/mol. The van der Waals surface area contributed by atoms with E-state index in [0.29, 0.717) is 5.56 Å². The van der Waals surface area contributed by atoms with Crippen LogP contribution in [0.15, 0.2) is 42.5 Å². The van der Waals surface area contributed by atoms with E-state index in [9.17, 15) is 14.4 Å². The van der Waals surface area contributed by atoms with Gasteiger partial charge in [-0.1, -0.05) is 36.4 Å². The fourth-order valence-electron chi connectivity index (χ4n) is 1.92. The van der Waals surface area contributed by atoms with E-state index in [1.807, 2.05) is 30.3 Å². The number of aliphatic carboxylic acids is 1. The highest BCUT2D eigenvalue weighted by Crippen LogP contribution is 2.18. The smallest absolute Gasteiger partial charge is 0.322 e. The van der Waals surface area contributed by atoms with Gasteiger partial charge in [-0.25, -0.2) is 0 Å². The van der Waals surface area contributed by atoms with E-state index in [-0.39, 0.29) is 12.5 Å². The van der Waals surface area contributed by atoms with Crippen molar-refractivity contribution >= 4 is 28.6 Å². The molecule has 2 aromatic rings. The molecule has 0 bridgehead atoms. The Morgan fingerprint density at radius 1 is 0.905 bits per heavy atom. The fourth-order valence-corrected chi connectivity index (χ4v) is 1.92. The van der Waals surface area contributed by atoms with Crippen LogP contribution in [0.25, 0.3) is 10.8 Å². The molecule has 0 radical (unpaired) electrons. The van der Waals surface area contributed by atoms with Gasteiger partial charge in [0.05, 0.1) is 6.54 Å². The van der Waals surface area contributed by atoms with Crippen LogP contribution in [-0.2, 0) is 9.59 Å². The van der Waals surface area contributed by atoms with Crippen LogP contribution in [0.2, 0.25) is 0 Å². The second-order valence-electron chi connectivity index (χ2n) is 4.38. The van der Waals surface area contributed by atoms with Crippen LogP contribution in [0.1, 0.15) is 10.4 Å². The number of hydrogen-bond acceptors (Lipinski definition) is 3. The first kappa shape index (κ1) is 14.5. The van der Waals surface area contributed by atoms with Gasteiger partial charge in [-0.3, -0.25) is 14.4 Å². The molecule has 0 unspecified atom stereocenters. The standard InChI is InChI=1S/C15H14N2O4/c18-13(16-9-14(19)20)8-17-15(21)12-7-3-5-10-4-1-2-6-11(10)12/h1-7H,8-9H2,(H,16,18)(H,17,21)(H,19,20). The molecule has 2 rings (SSSR count). The largest absolute Gasteiger partial charge is 0.480 e. The van der Waals surface area contributed by atoms with Gasteiger partial charge in [0.15, 0.2) is 0 Å². The third-order valence-electron chi connectivity index (χ3n) is 2.88. The van der Waals surface area contributed by atoms with Crippen molar-refractivity contribution in [2.24, 2.45) is 0 Å². The van der Waals surface area contributed by atoms with E-state index in [4.69, 9.17) is 5.11 Å². The molecule has 21 heavy (non-hydrogen) atoms. The third-order valence-corrected chi connectivity index (χ3v) is 2.88. The van der Waals surface area contributed by atoms with Crippen LogP contribution in [0.4, 0.5) is 0 Å². The minimum absolute atomic E-state index is 0.269. The zero-order valence-electron chi connectivity index (χ0n) is 11.1. The molecule has 0 aliphatic heterocycles. The van der Waals surface area contributed by atoms with Crippen molar-refractivity contribution in [1.82, 2.24) is 10.6 Å². The van der Waals surface area contributed by atoms with Crippen molar-refractivity contribution in [3.8, 4) is 0 Å². The van der Waals surface area contributed by atoms with Crippen LogP contribution in [0.5, 0.6) is 0 Å². The number of carboxylic acid groups (broad SMARTS) is 1. The number of nitrogens with one attached hydrogen (secondary N) is 2. The van der Waals surface area contributed by atoms with Gasteiger partial charge in [0.1, 0.15) is 6.54 Å². The molecule has 0 saturated carbocycles. The highest BCUT2D eigenvalue weighted by molar-refractivity contribution is 6.07. The molecular weight excluding hydrogens is 272 g/mol. The molecule has 0 heterocycles. The van der Waals surface area contributed by atoms with Crippen LogP contribution in [0.3, 0.4) is 0 Å². The minimum atomic E-state index is -1.14. The van der Waals surface area contributed by atoms with Gasteiger partial charge in [0.2, 0.25) is 5.91 Å². The van der Waals surface area contributed by atoms with Crippen molar-refractivity contribution in [3.63, 3.8) is 0 Å². The molecule has 6 nitrogen and oxygen atoms in total. The van der Waals surface area contributed by atoms with E-state index in [0.717, 1.165) is 10.8 Å². The van der Waals surface area contributed by atoms with Crippen molar-refractivity contribution in [2.45, 2.75) is 0 Å². The maximum atomic E-state index is 12.1. The van der Waals surface area contributed by atoms with Crippen molar-refractivity contribution in [1.29, 1.82) is 0 Å². The Kier molecular flexibility index (Phi) is 4.50. The molecule has 2 aromatic carbocycles. The van der Waals surface area contributed by atoms with E-state index < -0.39 is 18.4 Å². The molecule has 0 fully saturated rings. The fraction of sp³-hybridized carbons (Fsp3) is 0.133. The molecule has 108 valence electrons. The summed E-state index contributed by atoms with van der Waals surface area (Å²) in [5.74, 6) is -2.06. The first-order chi connectivity index (χ1) is 10.1. The Hall–Kier alpha value is -2.89. The van der Waals surface area contributed by atoms with Gasteiger partial charge >= 0.3 is 5.97 Å². The van der Waals surface area contributed by atoms with Crippen molar-refractivity contribution in [3.05, 3.63) is 48.0 Å². The maximum absolute atomic E-state index is 12.1. The van der Waals surface area contributed by atoms with Gasteiger partial charge in [-0.05, 0) is 16.8 Å². The lowest BCUT2D eigenvalue weighted by Crippen LogP contribution is -2.39. The van der Waals surface area contributed by atoms with Gasteiger partial charge in [-0.15, -0.1) is 0 Å². The van der Waals surface area contributed by atoms with E-state index in [2.05, 4.69) is 10.6 Å². The van der Waals surface area contributed by atoms with E-state index in [1.54, 1.807) is 12.1 Å². The summed E-state index contributed by atoms with van der Waals surface area (Å²) in [7, 11) is 0. The minimum Gasteiger partial charge on any atom is -0.480 e. The third kappa shape index (κ3) is 3.79. The number of carbonyl (C=O) groups excluding carboxylic acids is 2. The summed E-state index contributed by atoms with van der Waals surface area (Å²) in [5, 5.41) is 14.8. The van der Waals surface area contributed by atoms with Crippen molar-refractivity contribution < 1.29 is 19.5 Å². The molecular formula is C15H14N2O4. The Morgan fingerprint density at radius 2 is 1.62 bits per heavy atom. The molecule has 6 heteroatoms. The average Bonchev–Trinajstić information content (AvgIpc) is 2.50. The summed E-state index contributed by atoms with van der Waals surface area (Å²) in [6.45, 7) is -0.738. The monoisotopic (exact) mass is 286 g/mol. The molecule has 3 N–H and O–H groups in total. The Bertz CT molecular complexity index is 692. The lowest BCUT2D eigenvalue weighted by molar-refractivity contribution is -0.137. The summed E-state index contributed by atoms with van der Waals surface area (Å²) in [6.07, 6.45) is 0. The van der Waals surface area contributed by atoms with Crippen LogP contribution >= 0.6 is 0 Å². The molecule has 0 spiro atoms. The summed E-state index contributed by atoms with van der Waals surface area (Å²) < 4.78 is 0. The highest BCUT2D eigenvalue weighted by Gasteiger charge is 2.11. The molecule has 2 amide bonds. The quantitative estimate of drug-likeness (QED) is 0.756. The zero-order valence-corrected chi connectivity index (χ0v) is 11.1. The number of amides is 2. The Morgan fingerprint density at radius 3 is 2.38 bits per heavy atom. The second kappa shape index (κ2) is 6.51. The lowest BCUT2D eigenvalue weighted by atomic mass is 10.0. The summed E-state index contributed by atoms with van der Waals surface area (Å²) in [4.78, 5) is 33.8. The van der Waals surface area contributed by atoms with Crippen molar-refractivity contribution in [2.75, 3.05) is 13.1 Å². The summed E-state index contributed by atoms with van der Waals surface area (Å²) >= 11 is 0. The van der Waals surface area contributed by atoms with E-state index >= 15 is 0 Å². The number of hydrogen-bond donors (Lipinski definition) is 3. The normalized spacial score (nSPS) is 10.1. The lowest BCUT2D eigenvalue weighted by Gasteiger charge is -2.08. The topological polar surface area (TPSA) is 95.5 Å². The number of benzene rings is 2. The Labute approximate surface area is 120 Å². The predicted octanol–water partition coefficient (Wildman–Crippen LogP) is 0.770. The summed E-state index contributed by atoms with van der Waals surface area (Å²) in [6, 6.07) is 12.8. The molecule has 0 aliphatic carbocycles. The van der Waals surface area contributed by atoms with Gasteiger partial charge in [-0.2, -0.15) is 0 Å². The average molecular weight is 286 g/mol. The number of rotatable bonds is 5. The molecule has 0 saturated heterocycles. The molecule has 0 aliphatic rings. The second-order valence-corrected chi connectivity index (χ2v) is 4.38. The Balaban J connectivity index is 2.03. The summed E-state index contributed by atoms with van der Waals surface area (Å²) in [5.41, 5.74) is 0.471. The maximum Gasteiger partial charge on any atom is 0.322 e. The van der Waals surface area contributed by atoms with Gasteiger partial charge in [0.25, 0.3) is 5.91 Å².